The predicted molar refractivity (Wildman–Crippen MR) is 106 cm³/mol. The van der Waals surface area contributed by atoms with Crippen LogP contribution in [0.2, 0.25) is 0 Å². The van der Waals surface area contributed by atoms with Gasteiger partial charge in [-0.1, -0.05) is 6.92 Å². The minimum Gasteiger partial charge on any atom is -0.493 e. The van der Waals surface area contributed by atoms with Crippen molar-refractivity contribution in [3.63, 3.8) is 0 Å². The van der Waals surface area contributed by atoms with Crippen molar-refractivity contribution in [3.8, 4) is 28.7 Å². The summed E-state index contributed by atoms with van der Waals surface area (Å²) in [7, 11) is 6.41. The third-order valence-electron chi connectivity index (χ3n) is 3.88. The van der Waals surface area contributed by atoms with Gasteiger partial charge in [-0.3, -0.25) is 9.69 Å². The van der Waals surface area contributed by atoms with E-state index in [1.807, 2.05) is 6.92 Å². The van der Waals surface area contributed by atoms with Crippen LogP contribution in [0.3, 0.4) is 0 Å². The Morgan fingerprint density at radius 1 is 1.25 bits per heavy atom. The van der Waals surface area contributed by atoms with E-state index in [1.54, 1.807) is 24.1 Å². The van der Waals surface area contributed by atoms with Crippen LogP contribution in [0, 0.1) is 4.84 Å². The number of hydrogen-bond donors (Lipinski definition) is 1. The number of carbonyl (C=O) groups is 1. The van der Waals surface area contributed by atoms with Crippen molar-refractivity contribution in [1.82, 2.24) is 20.0 Å². The van der Waals surface area contributed by atoms with Gasteiger partial charge in [0, 0.05) is 12.1 Å². The maximum atomic E-state index is 11.8. The molecule has 0 atom stereocenters. The molecular weight excluding hydrogens is 384 g/mol. The number of rotatable bonds is 10. The Bertz CT molecular complexity index is 839. The zero-order valence-electron chi connectivity index (χ0n) is 16.8. The van der Waals surface area contributed by atoms with Crippen LogP contribution in [-0.4, -0.2) is 62.1 Å². The lowest BCUT2D eigenvalue weighted by molar-refractivity contribution is -0.122. The Morgan fingerprint density at radius 3 is 2.43 bits per heavy atom. The lowest BCUT2D eigenvalue weighted by Gasteiger charge is -2.15. The molecule has 1 amide bonds. The van der Waals surface area contributed by atoms with Gasteiger partial charge in [0.05, 0.1) is 34.5 Å². The summed E-state index contributed by atoms with van der Waals surface area (Å²) >= 11 is 5.27. The SMILES string of the molecule is CCCNC(=O)CN(C)Cn1nc(-c2cc(OC)c(OC)c(OC)c2)oc1=S. The molecule has 9 nitrogen and oxygen atoms in total. The molecule has 1 heterocycles. The molecule has 2 rings (SSSR count). The van der Waals surface area contributed by atoms with Gasteiger partial charge in [0.2, 0.25) is 17.5 Å². The molecule has 1 N–H and O–H groups in total. The van der Waals surface area contributed by atoms with Gasteiger partial charge in [0.15, 0.2) is 11.5 Å². The van der Waals surface area contributed by atoms with Crippen molar-refractivity contribution in [2.75, 3.05) is 41.5 Å². The number of ether oxygens (including phenoxy) is 3. The maximum absolute atomic E-state index is 11.8. The van der Waals surface area contributed by atoms with Crippen molar-refractivity contribution in [1.29, 1.82) is 0 Å². The third kappa shape index (κ3) is 5.23. The first kappa shape index (κ1) is 21.7. The van der Waals surface area contributed by atoms with Crippen molar-refractivity contribution in [2.45, 2.75) is 20.0 Å². The number of likely N-dealkylation sites (N-methyl/N-ethyl adjacent to an activating group) is 1. The second-order valence-electron chi connectivity index (χ2n) is 6.09. The van der Waals surface area contributed by atoms with Crippen LogP contribution < -0.4 is 19.5 Å². The van der Waals surface area contributed by atoms with E-state index in [0.29, 0.717) is 41.9 Å². The molecule has 0 unspecified atom stereocenters. The van der Waals surface area contributed by atoms with E-state index < -0.39 is 0 Å². The van der Waals surface area contributed by atoms with Gasteiger partial charge in [0.25, 0.3) is 4.84 Å². The second kappa shape index (κ2) is 10.1. The molecule has 154 valence electrons. The second-order valence-corrected chi connectivity index (χ2v) is 6.44. The fourth-order valence-electron chi connectivity index (χ4n) is 2.56. The molecule has 0 fully saturated rings. The molecule has 0 aliphatic carbocycles. The average molecular weight is 410 g/mol. The van der Waals surface area contributed by atoms with Crippen molar-refractivity contribution in [3.05, 3.63) is 17.0 Å². The lowest BCUT2D eigenvalue weighted by atomic mass is 10.2. The van der Waals surface area contributed by atoms with E-state index in [1.165, 1.54) is 26.0 Å². The Kier molecular flexibility index (Phi) is 7.82. The maximum Gasteiger partial charge on any atom is 0.288 e. The predicted octanol–water partition coefficient (Wildman–Crippen LogP) is 2.31. The van der Waals surface area contributed by atoms with Crippen molar-refractivity contribution in [2.24, 2.45) is 0 Å². The molecule has 0 bridgehead atoms. The first-order chi connectivity index (χ1) is 13.4. The number of hydrogen-bond acceptors (Lipinski definition) is 8. The van der Waals surface area contributed by atoms with Gasteiger partial charge in [0.1, 0.15) is 0 Å². The molecule has 0 radical (unpaired) electrons. The Morgan fingerprint density at radius 2 is 1.89 bits per heavy atom. The molecule has 28 heavy (non-hydrogen) atoms. The molecule has 10 heteroatoms. The Balaban J connectivity index is 2.22. The summed E-state index contributed by atoms with van der Waals surface area (Å²) in [6.45, 7) is 3.20. The van der Waals surface area contributed by atoms with Crippen LogP contribution in [0.15, 0.2) is 16.5 Å². The average Bonchev–Trinajstić information content (AvgIpc) is 3.05. The summed E-state index contributed by atoms with van der Waals surface area (Å²) in [6, 6.07) is 3.46. The standard InChI is InChI=1S/C18H26N4O5S/c1-6-7-19-15(23)10-21(2)11-22-18(28)27-17(20-22)12-8-13(24-3)16(26-5)14(9-12)25-4/h8-9H,6-7,10-11H2,1-5H3,(H,19,23). The number of amides is 1. The third-order valence-corrected chi connectivity index (χ3v) is 4.17. The summed E-state index contributed by atoms with van der Waals surface area (Å²) < 4.78 is 23.2. The fraction of sp³-hybridized carbons (Fsp3) is 0.500. The number of nitrogens with one attached hydrogen (secondary N) is 1. The molecular formula is C18H26N4O5S. The van der Waals surface area contributed by atoms with E-state index in [2.05, 4.69) is 10.4 Å². The van der Waals surface area contributed by atoms with E-state index in [-0.39, 0.29) is 17.3 Å². The number of aromatic nitrogens is 2. The van der Waals surface area contributed by atoms with E-state index >= 15 is 0 Å². The molecule has 1 aromatic carbocycles. The number of benzene rings is 1. The molecule has 2 aromatic rings. The highest BCUT2D eigenvalue weighted by Gasteiger charge is 2.18. The number of nitrogens with zero attached hydrogens (tertiary/aromatic N) is 3. The Hall–Kier alpha value is -2.59. The van der Waals surface area contributed by atoms with Crippen molar-refractivity contribution < 1.29 is 23.4 Å². The molecule has 0 aliphatic heterocycles. The minimum atomic E-state index is -0.0517. The van der Waals surface area contributed by atoms with Gasteiger partial charge < -0.3 is 23.9 Å². The van der Waals surface area contributed by atoms with Crippen LogP contribution in [0.25, 0.3) is 11.5 Å². The van der Waals surface area contributed by atoms with Crippen LogP contribution in [0.5, 0.6) is 17.2 Å². The van der Waals surface area contributed by atoms with Crippen LogP contribution in [0.1, 0.15) is 13.3 Å². The quantitative estimate of drug-likeness (QED) is 0.597. The number of carbonyl (C=O) groups excluding carboxylic acids is 1. The van der Waals surface area contributed by atoms with Gasteiger partial charge >= 0.3 is 0 Å². The summed E-state index contributed by atoms with van der Waals surface area (Å²) in [5, 5.41) is 7.25. The molecule has 0 spiro atoms. The molecule has 0 saturated carbocycles. The summed E-state index contributed by atoms with van der Waals surface area (Å²) in [5.41, 5.74) is 0.627. The number of methoxy groups -OCH3 is 3. The largest absolute Gasteiger partial charge is 0.493 e. The van der Waals surface area contributed by atoms with E-state index in [0.717, 1.165) is 6.42 Å². The van der Waals surface area contributed by atoms with E-state index in [9.17, 15) is 4.79 Å². The van der Waals surface area contributed by atoms with Gasteiger partial charge in [-0.05, 0) is 37.8 Å². The highest BCUT2D eigenvalue weighted by molar-refractivity contribution is 7.71. The van der Waals surface area contributed by atoms with Gasteiger partial charge in [-0.25, -0.2) is 4.68 Å². The summed E-state index contributed by atoms with van der Waals surface area (Å²) in [5.74, 6) is 1.70. The van der Waals surface area contributed by atoms with Crippen LogP contribution in [-0.2, 0) is 11.5 Å². The smallest absolute Gasteiger partial charge is 0.288 e. The van der Waals surface area contributed by atoms with Crippen molar-refractivity contribution >= 4 is 18.1 Å². The monoisotopic (exact) mass is 410 g/mol. The Labute approximate surface area is 169 Å². The highest BCUT2D eigenvalue weighted by Crippen LogP contribution is 2.40. The first-order valence-corrected chi connectivity index (χ1v) is 9.17. The summed E-state index contributed by atoms with van der Waals surface area (Å²) in [6.07, 6.45) is 0.891. The normalized spacial score (nSPS) is 10.8. The zero-order chi connectivity index (χ0) is 20.7. The minimum absolute atomic E-state index is 0.0517. The first-order valence-electron chi connectivity index (χ1n) is 8.77. The van der Waals surface area contributed by atoms with Gasteiger partial charge in [-0.2, -0.15) is 0 Å². The fourth-order valence-corrected chi connectivity index (χ4v) is 2.74. The highest BCUT2D eigenvalue weighted by atomic mass is 32.1. The van der Waals surface area contributed by atoms with Crippen LogP contribution >= 0.6 is 12.2 Å². The topological polar surface area (TPSA) is 91.0 Å². The molecule has 0 saturated heterocycles. The molecule has 0 aliphatic rings. The zero-order valence-corrected chi connectivity index (χ0v) is 17.6. The van der Waals surface area contributed by atoms with Crippen LogP contribution in [0.4, 0.5) is 0 Å². The van der Waals surface area contributed by atoms with Gasteiger partial charge in [-0.15, -0.1) is 5.10 Å². The lowest BCUT2D eigenvalue weighted by Crippen LogP contribution is -2.36. The molecule has 1 aromatic heterocycles. The summed E-state index contributed by atoms with van der Waals surface area (Å²) in [4.78, 5) is 13.8. The van der Waals surface area contributed by atoms with E-state index in [4.69, 9.17) is 30.8 Å².